The third-order valence-electron chi connectivity index (χ3n) is 5.88. The maximum absolute atomic E-state index is 12.4. The molecule has 0 spiro atoms. The lowest BCUT2D eigenvalue weighted by Gasteiger charge is -2.36. The number of hydrogen-bond donors (Lipinski definition) is 1. The molecule has 0 bridgehead atoms. The van der Waals surface area contributed by atoms with Gasteiger partial charge >= 0.3 is 0 Å². The molecule has 1 saturated heterocycles. The quantitative estimate of drug-likeness (QED) is 0.678. The minimum Gasteiger partial charge on any atom is -0.369 e. The van der Waals surface area contributed by atoms with Gasteiger partial charge in [0.1, 0.15) is 0 Å². The van der Waals surface area contributed by atoms with Crippen LogP contribution in [0.5, 0.6) is 0 Å². The van der Waals surface area contributed by atoms with Crippen LogP contribution in [0.25, 0.3) is 0 Å². The zero-order chi connectivity index (χ0) is 20.9. The summed E-state index contributed by atoms with van der Waals surface area (Å²) in [6.07, 6.45) is 4.57. The lowest BCUT2D eigenvalue weighted by atomic mass is 10.2. The van der Waals surface area contributed by atoms with Crippen molar-refractivity contribution < 1.29 is 9.32 Å². The molecule has 1 saturated carbocycles. The molecule has 7 heteroatoms. The van der Waals surface area contributed by atoms with Crippen LogP contribution in [-0.2, 0) is 11.2 Å². The Morgan fingerprint density at radius 2 is 2.03 bits per heavy atom. The van der Waals surface area contributed by atoms with Crippen molar-refractivity contribution >= 4 is 17.3 Å². The van der Waals surface area contributed by atoms with Crippen molar-refractivity contribution in [3.05, 3.63) is 36.0 Å². The van der Waals surface area contributed by atoms with E-state index in [1.54, 1.807) is 0 Å². The lowest BCUT2D eigenvalue weighted by Crippen LogP contribution is -2.47. The van der Waals surface area contributed by atoms with E-state index in [0.29, 0.717) is 25.2 Å². The number of carbonyl (C=O) groups is 1. The number of anilines is 2. The SMILES string of the molecule is CC(C)c1noc(CCCC(=O)Nc2cccc(N3CCN(CC4CC4)CC3)c2)n1. The number of benzene rings is 1. The summed E-state index contributed by atoms with van der Waals surface area (Å²) in [5.74, 6) is 2.55. The Bertz CT molecular complexity index is 838. The van der Waals surface area contributed by atoms with Gasteiger partial charge < -0.3 is 14.7 Å². The molecule has 1 aliphatic carbocycles. The second kappa shape index (κ2) is 9.60. The van der Waals surface area contributed by atoms with Gasteiger partial charge in [-0.2, -0.15) is 4.98 Å². The average molecular weight is 412 g/mol. The summed E-state index contributed by atoms with van der Waals surface area (Å²) in [5.41, 5.74) is 2.05. The number of amides is 1. The highest BCUT2D eigenvalue weighted by atomic mass is 16.5. The van der Waals surface area contributed by atoms with E-state index >= 15 is 0 Å². The molecule has 2 heterocycles. The molecule has 1 amide bonds. The number of carbonyl (C=O) groups excluding carboxylic acids is 1. The molecule has 4 rings (SSSR count). The van der Waals surface area contributed by atoms with Crippen molar-refractivity contribution in [2.75, 3.05) is 42.9 Å². The normalized spacial score (nSPS) is 17.5. The predicted octanol–water partition coefficient (Wildman–Crippen LogP) is 3.69. The van der Waals surface area contributed by atoms with Crippen molar-refractivity contribution in [2.24, 2.45) is 5.92 Å². The van der Waals surface area contributed by atoms with E-state index in [9.17, 15) is 4.79 Å². The zero-order valence-corrected chi connectivity index (χ0v) is 18.1. The number of nitrogens with zero attached hydrogens (tertiary/aromatic N) is 4. The van der Waals surface area contributed by atoms with E-state index in [2.05, 4.69) is 37.4 Å². The maximum Gasteiger partial charge on any atom is 0.226 e. The Kier molecular flexibility index (Phi) is 6.67. The van der Waals surface area contributed by atoms with Crippen LogP contribution in [0.2, 0.25) is 0 Å². The van der Waals surface area contributed by atoms with E-state index in [0.717, 1.165) is 43.6 Å². The summed E-state index contributed by atoms with van der Waals surface area (Å²) in [7, 11) is 0. The van der Waals surface area contributed by atoms with E-state index in [-0.39, 0.29) is 11.8 Å². The Hall–Kier alpha value is -2.41. The van der Waals surface area contributed by atoms with Crippen molar-refractivity contribution in [3.8, 4) is 0 Å². The van der Waals surface area contributed by atoms with Gasteiger partial charge in [-0.3, -0.25) is 9.69 Å². The van der Waals surface area contributed by atoms with E-state index in [1.165, 1.54) is 25.1 Å². The van der Waals surface area contributed by atoms with Crippen molar-refractivity contribution in [2.45, 2.75) is 51.9 Å². The number of rotatable bonds is 9. The van der Waals surface area contributed by atoms with Crippen LogP contribution in [0, 0.1) is 5.92 Å². The van der Waals surface area contributed by atoms with E-state index in [4.69, 9.17) is 4.52 Å². The molecular formula is C23H33N5O2. The second-order valence-electron chi connectivity index (χ2n) is 8.88. The first-order valence-electron chi connectivity index (χ1n) is 11.3. The van der Waals surface area contributed by atoms with E-state index in [1.807, 2.05) is 26.0 Å². The summed E-state index contributed by atoms with van der Waals surface area (Å²) in [5, 5.41) is 6.99. The van der Waals surface area contributed by atoms with Crippen LogP contribution >= 0.6 is 0 Å². The van der Waals surface area contributed by atoms with Gasteiger partial charge in [-0.05, 0) is 43.4 Å². The molecule has 1 aliphatic heterocycles. The molecule has 162 valence electrons. The molecule has 0 unspecified atom stereocenters. The van der Waals surface area contributed by atoms with Gasteiger partial charge in [0, 0.05) is 62.9 Å². The van der Waals surface area contributed by atoms with Crippen LogP contribution < -0.4 is 10.2 Å². The number of piperazine rings is 1. The number of aromatic nitrogens is 2. The highest BCUT2D eigenvalue weighted by Gasteiger charge is 2.26. The fraction of sp³-hybridized carbons (Fsp3) is 0.609. The van der Waals surface area contributed by atoms with Crippen molar-refractivity contribution in [1.29, 1.82) is 0 Å². The summed E-state index contributed by atoms with van der Waals surface area (Å²) >= 11 is 0. The molecule has 2 aliphatic rings. The molecule has 1 aromatic carbocycles. The lowest BCUT2D eigenvalue weighted by molar-refractivity contribution is -0.116. The zero-order valence-electron chi connectivity index (χ0n) is 18.1. The molecule has 0 atom stereocenters. The first-order chi connectivity index (χ1) is 14.6. The summed E-state index contributed by atoms with van der Waals surface area (Å²) in [6.45, 7) is 9.68. The molecule has 1 N–H and O–H groups in total. The molecular weight excluding hydrogens is 378 g/mol. The first kappa shape index (κ1) is 20.8. The van der Waals surface area contributed by atoms with E-state index < -0.39 is 0 Å². The Balaban J connectivity index is 1.22. The van der Waals surface area contributed by atoms with Gasteiger partial charge in [-0.25, -0.2) is 0 Å². The topological polar surface area (TPSA) is 74.5 Å². The minimum absolute atomic E-state index is 0.0185. The second-order valence-corrected chi connectivity index (χ2v) is 8.88. The van der Waals surface area contributed by atoms with Crippen molar-refractivity contribution in [1.82, 2.24) is 15.0 Å². The Labute approximate surface area is 178 Å². The van der Waals surface area contributed by atoms with Gasteiger partial charge in [0.05, 0.1) is 0 Å². The maximum atomic E-state index is 12.4. The summed E-state index contributed by atoms with van der Waals surface area (Å²) in [4.78, 5) is 21.7. The molecule has 2 fully saturated rings. The fourth-order valence-corrected chi connectivity index (χ4v) is 3.86. The van der Waals surface area contributed by atoms with Crippen LogP contribution in [0.4, 0.5) is 11.4 Å². The summed E-state index contributed by atoms with van der Waals surface area (Å²) in [6, 6.07) is 8.19. The first-order valence-corrected chi connectivity index (χ1v) is 11.3. The van der Waals surface area contributed by atoms with Gasteiger partial charge in [0.25, 0.3) is 0 Å². The molecule has 7 nitrogen and oxygen atoms in total. The number of aryl methyl sites for hydroxylation is 1. The van der Waals surface area contributed by atoms with Crippen LogP contribution in [0.1, 0.15) is 57.2 Å². The standard InChI is InChI=1S/C23H33N5O2/c1-17(2)23-25-22(30-26-23)8-4-7-21(29)24-19-5-3-6-20(15-19)28-13-11-27(12-14-28)16-18-9-10-18/h3,5-6,15,17-18H,4,7-14,16H2,1-2H3,(H,24,29). The largest absolute Gasteiger partial charge is 0.369 e. The third kappa shape index (κ3) is 5.81. The molecule has 1 aromatic heterocycles. The van der Waals surface area contributed by atoms with Crippen LogP contribution in [0.15, 0.2) is 28.8 Å². The third-order valence-corrected chi connectivity index (χ3v) is 5.88. The van der Waals surface area contributed by atoms with Gasteiger partial charge in [-0.15, -0.1) is 0 Å². The molecule has 30 heavy (non-hydrogen) atoms. The van der Waals surface area contributed by atoms with Crippen molar-refractivity contribution in [3.63, 3.8) is 0 Å². The highest BCUT2D eigenvalue weighted by Crippen LogP contribution is 2.30. The molecule has 0 radical (unpaired) electrons. The number of nitrogens with one attached hydrogen (secondary N) is 1. The van der Waals surface area contributed by atoms with Gasteiger partial charge in [0.2, 0.25) is 11.8 Å². The minimum atomic E-state index is 0.0185. The Morgan fingerprint density at radius 1 is 1.23 bits per heavy atom. The fourth-order valence-electron chi connectivity index (χ4n) is 3.86. The smallest absolute Gasteiger partial charge is 0.226 e. The Morgan fingerprint density at radius 3 is 2.73 bits per heavy atom. The van der Waals surface area contributed by atoms with Gasteiger partial charge in [0.15, 0.2) is 5.82 Å². The summed E-state index contributed by atoms with van der Waals surface area (Å²) < 4.78 is 5.24. The highest BCUT2D eigenvalue weighted by molar-refractivity contribution is 5.91. The average Bonchev–Trinajstić information content (AvgIpc) is 3.42. The predicted molar refractivity (Wildman–Crippen MR) is 118 cm³/mol. The van der Waals surface area contributed by atoms with Crippen LogP contribution in [-0.4, -0.2) is 53.7 Å². The number of hydrogen-bond acceptors (Lipinski definition) is 6. The van der Waals surface area contributed by atoms with Crippen LogP contribution in [0.3, 0.4) is 0 Å². The molecule has 2 aromatic rings. The monoisotopic (exact) mass is 411 g/mol. The van der Waals surface area contributed by atoms with Gasteiger partial charge in [-0.1, -0.05) is 25.1 Å².